The van der Waals surface area contributed by atoms with Crippen molar-refractivity contribution >= 4 is 17.7 Å². The summed E-state index contributed by atoms with van der Waals surface area (Å²) >= 11 is 0. The third-order valence-electron chi connectivity index (χ3n) is 9.14. The van der Waals surface area contributed by atoms with E-state index in [0.717, 1.165) is 6.92 Å². The molecule has 5 rings (SSSR count). The van der Waals surface area contributed by atoms with Gasteiger partial charge in [0.25, 0.3) is 0 Å². The van der Waals surface area contributed by atoms with Crippen LogP contribution in [0.1, 0.15) is 34.1 Å². The molecule has 2 saturated carbocycles. The minimum absolute atomic E-state index is 0.158. The summed E-state index contributed by atoms with van der Waals surface area (Å²) in [7, 11) is 0. The van der Waals surface area contributed by atoms with Gasteiger partial charge in [0.15, 0.2) is 18.0 Å². The molecule has 3 aliphatic carbocycles. The van der Waals surface area contributed by atoms with Crippen molar-refractivity contribution in [2.75, 3.05) is 6.61 Å². The molecular weight excluding hydrogens is 424 g/mol. The normalized spacial score (nSPS) is 56.0. The van der Waals surface area contributed by atoms with Gasteiger partial charge in [0, 0.05) is 24.2 Å². The summed E-state index contributed by atoms with van der Waals surface area (Å²) in [6, 6.07) is 0. The van der Waals surface area contributed by atoms with Crippen LogP contribution >= 0.6 is 0 Å². The van der Waals surface area contributed by atoms with Crippen LogP contribution in [0.5, 0.6) is 0 Å². The highest BCUT2D eigenvalue weighted by Gasteiger charge is 2.88. The number of carbonyl (C=O) groups excluding carboxylic acids is 3. The number of hydrogen-bond donors (Lipinski definition) is 4. The van der Waals surface area contributed by atoms with Crippen molar-refractivity contribution in [3.8, 4) is 0 Å². The van der Waals surface area contributed by atoms with E-state index in [4.69, 9.17) is 14.2 Å². The summed E-state index contributed by atoms with van der Waals surface area (Å²) < 4.78 is 16.9. The molecule has 5 aliphatic rings. The lowest BCUT2D eigenvalue weighted by Gasteiger charge is -2.70. The first-order chi connectivity index (χ1) is 14.8. The molecule has 0 amide bonds. The lowest BCUT2D eigenvalue weighted by atomic mass is 9.36. The molecule has 176 valence electrons. The zero-order valence-electron chi connectivity index (χ0n) is 18.3. The maximum atomic E-state index is 12.7. The van der Waals surface area contributed by atoms with Crippen LogP contribution in [0.4, 0.5) is 0 Å². The minimum atomic E-state index is -2.22. The number of allylic oxidation sites excluding steroid dienone is 1. The van der Waals surface area contributed by atoms with Crippen molar-refractivity contribution in [3.05, 3.63) is 11.6 Å². The van der Waals surface area contributed by atoms with Crippen molar-refractivity contribution in [2.24, 2.45) is 28.6 Å². The van der Waals surface area contributed by atoms with E-state index in [1.807, 2.05) is 0 Å². The number of carbonyl (C=O) groups is 3. The molecule has 0 aromatic heterocycles. The van der Waals surface area contributed by atoms with Crippen molar-refractivity contribution in [1.82, 2.24) is 0 Å². The summed E-state index contributed by atoms with van der Waals surface area (Å²) in [6.45, 7) is 5.61. The number of aliphatic hydroxyl groups is 4. The lowest BCUT2D eigenvalue weighted by molar-refractivity contribution is -0.375. The van der Waals surface area contributed by atoms with Crippen molar-refractivity contribution in [3.63, 3.8) is 0 Å². The van der Waals surface area contributed by atoms with E-state index in [-0.39, 0.29) is 13.0 Å². The van der Waals surface area contributed by atoms with Crippen LogP contribution in [-0.2, 0) is 28.6 Å². The molecule has 0 unspecified atom stereocenters. The van der Waals surface area contributed by atoms with Gasteiger partial charge in [0.2, 0.25) is 5.79 Å². The first kappa shape index (κ1) is 22.0. The van der Waals surface area contributed by atoms with Gasteiger partial charge < -0.3 is 34.6 Å². The number of esters is 2. The van der Waals surface area contributed by atoms with Gasteiger partial charge in [-0.1, -0.05) is 19.4 Å². The maximum absolute atomic E-state index is 12.7. The Morgan fingerprint density at radius 3 is 2.50 bits per heavy atom. The number of ketones is 1. The number of fused-ring (bicyclic) bond motifs is 1. The topological polar surface area (TPSA) is 160 Å². The monoisotopic (exact) mass is 452 g/mol. The average Bonchev–Trinajstić information content (AvgIpc) is 3.02. The van der Waals surface area contributed by atoms with Gasteiger partial charge in [-0.15, -0.1) is 0 Å². The van der Waals surface area contributed by atoms with E-state index in [2.05, 4.69) is 0 Å². The van der Waals surface area contributed by atoms with Crippen molar-refractivity contribution in [2.45, 2.75) is 69.9 Å². The summed E-state index contributed by atoms with van der Waals surface area (Å²) in [5, 5.41) is 46.1. The average molecular weight is 452 g/mol. The molecular formula is C22H28O10. The summed E-state index contributed by atoms with van der Waals surface area (Å²) in [5.74, 6) is -7.39. The van der Waals surface area contributed by atoms with E-state index < -0.39 is 82.1 Å². The predicted molar refractivity (Wildman–Crippen MR) is 103 cm³/mol. The van der Waals surface area contributed by atoms with Gasteiger partial charge in [-0.3, -0.25) is 9.59 Å². The van der Waals surface area contributed by atoms with Crippen molar-refractivity contribution < 1.29 is 49.0 Å². The van der Waals surface area contributed by atoms with E-state index in [9.17, 15) is 34.8 Å². The Labute approximate surface area is 184 Å². The fourth-order valence-corrected chi connectivity index (χ4v) is 7.94. The Balaban J connectivity index is 1.83. The molecule has 0 aromatic rings. The fraction of sp³-hybridized carbons (Fsp3) is 0.773. The molecule has 4 fully saturated rings. The first-order valence-corrected chi connectivity index (χ1v) is 10.8. The summed E-state index contributed by atoms with van der Waals surface area (Å²) in [6.07, 6.45) is -4.51. The largest absolute Gasteiger partial charge is 0.460 e. The first-order valence-electron chi connectivity index (χ1n) is 10.8. The Kier molecular flexibility index (Phi) is 4.24. The lowest BCUT2D eigenvalue weighted by Crippen LogP contribution is -2.84. The van der Waals surface area contributed by atoms with Crippen LogP contribution in [0.15, 0.2) is 11.6 Å². The van der Waals surface area contributed by atoms with Crippen LogP contribution in [-0.4, -0.2) is 80.6 Å². The molecule has 2 bridgehead atoms. The van der Waals surface area contributed by atoms with E-state index in [1.165, 1.54) is 13.0 Å². The van der Waals surface area contributed by atoms with Crippen molar-refractivity contribution in [1.29, 1.82) is 0 Å². The molecule has 2 aliphatic heterocycles. The zero-order valence-corrected chi connectivity index (χ0v) is 18.3. The molecule has 4 N–H and O–H groups in total. The minimum Gasteiger partial charge on any atom is -0.460 e. The van der Waals surface area contributed by atoms with Gasteiger partial charge in [0.05, 0.1) is 12.0 Å². The highest BCUT2D eigenvalue weighted by atomic mass is 16.7. The number of hydrogen-bond acceptors (Lipinski definition) is 10. The Hall–Kier alpha value is -1.85. The van der Waals surface area contributed by atoms with E-state index >= 15 is 0 Å². The van der Waals surface area contributed by atoms with E-state index in [0.29, 0.717) is 5.57 Å². The third kappa shape index (κ3) is 2.07. The van der Waals surface area contributed by atoms with Crippen LogP contribution in [0, 0.1) is 28.6 Å². The standard InChI is InChI=1S/C22H28O10/c1-8-5-12(24)14(25)19(4)11(8)6-13-20-7-30-22(29,18(19)20)16(31-10(3)23)9(2)21(20,28)15(26)17(27)32-13/h5,9,11,13-16,18,25-26,28-29H,6-7H2,1-4H3/t9-,11-,13+,14+,15-,16+,18+,19+,20+,21-,22-/m0/s1. The molecule has 10 heteroatoms. The smallest absolute Gasteiger partial charge is 0.338 e. The number of rotatable bonds is 1. The zero-order chi connectivity index (χ0) is 23.6. The molecule has 11 atom stereocenters. The van der Waals surface area contributed by atoms with E-state index in [1.54, 1.807) is 13.8 Å². The number of ether oxygens (including phenoxy) is 3. The highest BCUT2D eigenvalue weighted by Crippen LogP contribution is 2.74. The predicted octanol–water partition coefficient (Wildman–Crippen LogP) is -1.18. The quantitative estimate of drug-likeness (QED) is 0.357. The number of aliphatic hydroxyl groups excluding tert-OH is 2. The molecule has 0 radical (unpaired) electrons. The maximum Gasteiger partial charge on any atom is 0.338 e. The molecule has 2 heterocycles. The Morgan fingerprint density at radius 2 is 1.88 bits per heavy atom. The van der Waals surface area contributed by atoms with Gasteiger partial charge in [0.1, 0.15) is 17.8 Å². The molecule has 0 aromatic carbocycles. The second kappa shape index (κ2) is 6.18. The molecule has 10 nitrogen and oxygen atoms in total. The van der Waals surface area contributed by atoms with Gasteiger partial charge in [-0.05, 0) is 25.3 Å². The van der Waals surface area contributed by atoms with Crippen LogP contribution < -0.4 is 0 Å². The summed E-state index contributed by atoms with van der Waals surface area (Å²) in [4.78, 5) is 37.3. The highest BCUT2D eigenvalue weighted by molar-refractivity contribution is 5.96. The second-order valence-electron chi connectivity index (χ2n) is 10.3. The van der Waals surface area contributed by atoms with Gasteiger partial charge in [-0.25, -0.2) is 4.79 Å². The van der Waals surface area contributed by atoms with Crippen LogP contribution in [0.2, 0.25) is 0 Å². The van der Waals surface area contributed by atoms with Crippen LogP contribution in [0.3, 0.4) is 0 Å². The fourth-order valence-electron chi connectivity index (χ4n) is 7.94. The molecule has 1 spiro atoms. The third-order valence-corrected chi connectivity index (χ3v) is 9.14. The molecule has 32 heavy (non-hydrogen) atoms. The van der Waals surface area contributed by atoms with Gasteiger partial charge in [-0.2, -0.15) is 0 Å². The summed E-state index contributed by atoms with van der Waals surface area (Å²) in [5.41, 5.74) is -4.50. The molecule has 2 saturated heterocycles. The Morgan fingerprint density at radius 1 is 1.22 bits per heavy atom. The SMILES string of the molecule is CC(=O)O[C@@H]1[C@H](C)[C@]2(O)[C@@H](O)C(=O)O[C@@H]3C[C@H]4C(C)=CC(=O)[C@@H](O)[C@]4(C)[C@H]4[C@@]1(O)OC[C@]432. The van der Waals surface area contributed by atoms with Crippen LogP contribution in [0.25, 0.3) is 0 Å². The van der Waals surface area contributed by atoms with Gasteiger partial charge >= 0.3 is 11.9 Å². The second-order valence-corrected chi connectivity index (χ2v) is 10.3. The Bertz CT molecular complexity index is 960.